The third kappa shape index (κ3) is 2.72. The van der Waals surface area contributed by atoms with Crippen LogP contribution in [0.25, 0.3) is 0 Å². The largest absolute Gasteiger partial charge is 0.0860 e. The monoisotopic (exact) mass is 210 g/mol. The first-order valence-electron chi connectivity index (χ1n) is 6.04. The second kappa shape index (κ2) is 4.22. The van der Waals surface area contributed by atoms with Crippen molar-refractivity contribution in [1.82, 2.24) is 0 Å². The van der Waals surface area contributed by atoms with Crippen molar-refractivity contribution >= 4 is 8.07 Å². The Hall–Kier alpha value is -0.0431. The van der Waals surface area contributed by atoms with Crippen molar-refractivity contribution in [2.75, 3.05) is 0 Å². The molecule has 0 nitrogen and oxygen atoms in total. The fourth-order valence-electron chi connectivity index (χ4n) is 2.61. The maximum atomic E-state index is 2.60. The molecule has 0 aromatic carbocycles. The molecule has 0 fully saturated rings. The minimum Gasteiger partial charge on any atom is -0.0860 e. The van der Waals surface area contributed by atoms with E-state index in [-0.39, 0.29) is 0 Å². The fraction of sp³-hybridized carbons (Fsp3) is 0.846. The van der Waals surface area contributed by atoms with Gasteiger partial charge in [0.1, 0.15) is 0 Å². The third-order valence-electron chi connectivity index (χ3n) is 3.47. The maximum Gasteiger partial charge on any atom is 0.0724 e. The van der Waals surface area contributed by atoms with Gasteiger partial charge in [0, 0.05) is 0 Å². The molecule has 0 aromatic rings. The van der Waals surface area contributed by atoms with E-state index in [1.807, 2.05) is 5.20 Å². The van der Waals surface area contributed by atoms with Crippen molar-refractivity contribution in [3.8, 4) is 0 Å². The van der Waals surface area contributed by atoms with E-state index < -0.39 is 8.07 Å². The van der Waals surface area contributed by atoms with Gasteiger partial charge in [-0.3, -0.25) is 0 Å². The van der Waals surface area contributed by atoms with E-state index in [0.29, 0.717) is 0 Å². The summed E-state index contributed by atoms with van der Waals surface area (Å²) in [5, 5.41) is 1.84. The Morgan fingerprint density at radius 3 is 2.21 bits per heavy atom. The first kappa shape index (κ1) is 12.0. The molecule has 1 aliphatic carbocycles. The van der Waals surface area contributed by atoms with Crippen molar-refractivity contribution in [2.24, 2.45) is 17.8 Å². The van der Waals surface area contributed by atoms with E-state index in [4.69, 9.17) is 0 Å². The van der Waals surface area contributed by atoms with Crippen LogP contribution < -0.4 is 0 Å². The maximum absolute atomic E-state index is 2.60. The zero-order valence-electron chi connectivity index (χ0n) is 10.7. The van der Waals surface area contributed by atoms with Gasteiger partial charge in [-0.25, -0.2) is 0 Å². The average molecular weight is 210 g/mol. The lowest BCUT2D eigenvalue weighted by molar-refractivity contribution is 0.373. The highest BCUT2D eigenvalue weighted by atomic mass is 28.3. The molecule has 0 radical (unpaired) electrons. The second-order valence-corrected chi connectivity index (χ2v) is 11.4. The summed E-state index contributed by atoms with van der Waals surface area (Å²) in [7, 11) is -1.06. The Morgan fingerprint density at radius 2 is 1.79 bits per heavy atom. The normalized spacial score (nSPS) is 29.2. The van der Waals surface area contributed by atoms with Crippen molar-refractivity contribution in [1.29, 1.82) is 0 Å². The van der Waals surface area contributed by atoms with Crippen molar-refractivity contribution in [2.45, 2.75) is 53.3 Å². The minimum atomic E-state index is -1.06. The van der Waals surface area contributed by atoms with E-state index in [2.05, 4.69) is 46.5 Å². The van der Waals surface area contributed by atoms with Crippen LogP contribution in [-0.2, 0) is 0 Å². The van der Waals surface area contributed by atoms with Gasteiger partial charge in [-0.15, -0.1) is 0 Å². The average Bonchev–Trinajstić information content (AvgIpc) is 2.01. The Morgan fingerprint density at radius 1 is 1.21 bits per heavy atom. The van der Waals surface area contributed by atoms with Crippen molar-refractivity contribution in [3.05, 3.63) is 11.3 Å². The van der Waals surface area contributed by atoms with Crippen LogP contribution in [0, 0.1) is 17.8 Å². The molecule has 82 valence electrons. The zero-order chi connectivity index (χ0) is 10.9. The number of allylic oxidation sites excluding steroid dienone is 2. The molecule has 1 aliphatic rings. The van der Waals surface area contributed by atoms with Crippen LogP contribution >= 0.6 is 0 Å². The van der Waals surface area contributed by atoms with Crippen LogP contribution in [0.2, 0.25) is 19.6 Å². The van der Waals surface area contributed by atoms with Crippen LogP contribution in [0.5, 0.6) is 0 Å². The molecule has 2 atom stereocenters. The zero-order valence-corrected chi connectivity index (χ0v) is 11.7. The molecular weight excluding hydrogens is 184 g/mol. The summed E-state index contributed by atoms with van der Waals surface area (Å²) in [6.07, 6.45) is 5.42. The summed E-state index contributed by atoms with van der Waals surface area (Å²) in [6, 6.07) is 0. The van der Waals surface area contributed by atoms with E-state index >= 15 is 0 Å². The quantitative estimate of drug-likeness (QED) is 0.589. The molecular formula is C13H26Si. The molecule has 14 heavy (non-hydrogen) atoms. The summed E-state index contributed by atoms with van der Waals surface area (Å²) in [4.78, 5) is 0. The predicted molar refractivity (Wildman–Crippen MR) is 68.2 cm³/mol. The molecule has 0 aliphatic heterocycles. The molecule has 0 bridgehead atoms. The molecule has 0 unspecified atom stereocenters. The SMILES string of the molecule is CC(C)[C@H]1CC[C@@H](C)C=C1[Si](C)(C)C. The molecule has 0 N–H and O–H groups in total. The molecule has 0 saturated carbocycles. The minimum absolute atomic E-state index is 0.826. The van der Waals surface area contributed by atoms with Gasteiger partial charge in [0.05, 0.1) is 8.07 Å². The van der Waals surface area contributed by atoms with Gasteiger partial charge in [-0.1, -0.05) is 51.7 Å². The molecule has 0 aromatic heterocycles. The second-order valence-electron chi connectivity index (χ2n) is 6.28. The highest BCUT2D eigenvalue weighted by Crippen LogP contribution is 2.38. The van der Waals surface area contributed by atoms with Crippen molar-refractivity contribution < 1.29 is 0 Å². The van der Waals surface area contributed by atoms with E-state index in [1.165, 1.54) is 12.8 Å². The third-order valence-corrected chi connectivity index (χ3v) is 5.74. The lowest BCUT2D eigenvalue weighted by Crippen LogP contribution is -2.34. The van der Waals surface area contributed by atoms with Gasteiger partial charge < -0.3 is 0 Å². The number of hydrogen-bond donors (Lipinski definition) is 0. The summed E-state index contributed by atoms with van der Waals surface area (Å²) in [5.74, 6) is 2.55. The van der Waals surface area contributed by atoms with Gasteiger partial charge in [-0.2, -0.15) is 0 Å². The molecule has 1 heteroatoms. The van der Waals surface area contributed by atoms with E-state index in [0.717, 1.165) is 17.8 Å². The Balaban J connectivity index is 2.93. The highest BCUT2D eigenvalue weighted by molar-refractivity contribution is 6.83. The summed E-state index contributed by atoms with van der Waals surface area (Å²) in [6.45, 7) is 14.6. The smallest absolute Gasteiger partial charge is 0.0724 e. The summed E-state index contributed by atoms with van der Waals surface area (Å²) < 4.78 is 0. The van der Waals surface area contributed by atoms with Crippen LogP contribution in [0.3, 0.4) is 0 Å². The van der Waals surface area contributed by atoms with Gasteiger partial charge in [0.15, 0.2) is 0 Å². The molecule has 0 heterocycles. The summed E-state index contributed by atoms with van der Waals surface area (Å²) in [5.41, 5.74) is 0. The van der Waals surface area contributed by atoms with Gasteiger partial charge in [0.2, 0.25) is 0 Å². The summed E-state index contributed by atoms with van der Waals surface area (Å²) >= 11 is 0. The highest BCUT2D eigenvalue weighted by Gasteiger charge is 2.31. The topological polar surface area (TPSA) is 0 Å². The number of rotatable bonds is 2. The van der Waals surface area contributed by atoms with Crippen molar-refractivity contribution in [3.63, 3.8) is 0 Å². The molecule has 1 rings (SSSR count). The standard InChI is InChI=1S/C13H26Si/c1-10(2)12-8-7-11(3)9-13(12)14(4,5)6/h9-12H,7-8H2,1-6H3/t11-,12-/m1/s1. The van der Waals surface area contributed by atoms with Gasteiger partial charge >= 0.3 is 0 Å². The lowest BCUT2D eigenvalue weighted by atomic mass is 9.83. The molecule has 0 amide bonds. The molecule has 0 spiro atoms. The molecule has 0 saturated heterocycles. The fourth-order valence-corrected chi connectivity index (χ4v) is 4.98. The first-order valence-corrected chi connectivity index (χ1v) is 9.54. The Bertz CT molecular complexity index is 220. The van der Waals surface area contributed by atoms with Crippen LogP contribution in [0.1, 0.15) is 33.6 Å². The van der Waals surface area contributed by atoms with Gasteiger partial charge in [-0.05, 0) is 30.6 Å². The Labute approximate surface area is 90.8 Å². The lowest BCUT2D eigenvalue weighted by Gasteiger charge is -2.36. The number of hydrogen-bond acceptors (Lipinski definition) is 0. The van der Waals surface area contributed by atoms with Crippen LogP contribution in [0.15, 0.2) is 11.3 Å². The predicted octanol–water partition coefficient (Wildman–Crippen LogP) is 4.49. The van der Waals surface area contributed by atoms with Crippen LogP contribution in [0.4, 0.5) is 0 Å². The van der Waals surface area contributed by atoms with Gasteiger partial charge in [0.25, 0.3) is 0 Å². The van der Waals surface area contributed by atoms with E-state index in [1.54, 1.807) is 0 Å². The first-order chi connectivity index (χ1) is 6.32. The Kier molecular flexibility index (Phi) is 3.62. The van der Waals surface area contributed by atoms with E-state index in [9.17, 15) is 0 Å². The van der Waals surface area contributed by atoms with Crippen LogP contribution in [-0.4, -0.2) is 8.07 Å².